The summed E-state index contributed by atoms with van der Waals surface area (Å²) in [7, 11) is 0. The second kappa shape index (κ2) is 46.6. The maximum atomic E-state index is 13.0. The zero-order chi connectivity index (χ0) is 48.7. The molecule has 1 saturated heterocycles. The highest BCUT2D eigenvalue weighted by Gasteiger charge is 2.44. The summed E-state index contributed by atoms with van der Waals surface area (Å²) in [5.74, 6) is -0.277. The molecule has 0 bridgehead atoms. The van der Waals surface area contributed by atoms with E-state index in [0.29, 0.717) is 12.8 Å². The molecule has 1 fully saturated rings. The van der Waals surface area contributed by atoms with Gasteiger partial charge in [-0.25, -0.2) is 0 Å². The Kier molecular flexibility index (Phi) is 43.0. The van der Waals surface area contributed by atoms with Crippen molar-refractivity contribution < 1.29 is 39.8 Å². The number of aliphatic hydroxyl groups excluding tert-OH is 5. The van der Waals surface area contributed by atoms with Crippen molar-refractivity contribution in [2.24, 2.45) is 0 Å². The lowest BCUT2D eigenvalue weighted by Crippen LogP contribution is -2.60. The van der Waals surface area contributed by atoms with Crippen LogP contribution in [0.2, 0.25) is 0 Å². The molecule has 0 spiro atoms. The Balaban J connectivity index is 2.37. The van der Waals surface area contributed by atoms with E-state index in [0.717, 1.165) is 64.2 Å². The summed E-state index contributed by atoms with van der Waals surface area (Å²) in [6.45, 7) is 3.59. The van der Waals surface area contributed by atoms with Gasteiger partial charge in [0, 0.05) is 6.42 Å². The van der Waals surface area contributed by atoms with Gasteiger partial charge in [0.15, 0.2) is 6.29 Å². The number of rotatable bonds is 43. The van der Waals surface area contributed by atoms with Crippen molar-refractivity contribution in [2.75, 3.05) is 13.2 Å². The van der Waals surface area contributed by atoms with Crippen molar-refractivity contribution in [2.45, 2.75) is 236 Å². The number of carbonyl (C=O) groups is 1. The zero-order valence-electron chi connectivity index (χ0n) is 42.1. The first-order valence-corrected chi connectivity index (χ1v) is 26.6. The van der Waals surface area contributed by atoms with Gasteiger partial charge in [0.2, 0.25) is 5.91 Å². The minimum atomic E-state index is -1.59. The van der Waals surface area contributed by atoms with E-state index in [1.165, 1.54) is 96.3 Å². The lowest BCUT2D eigenvalue weighted by atomic mass is 9.99. The molecule has 7 unspecified atom stereocenters. The molecule has 9 nitrogen and oxygen atoms in total. The molecule has 6 N–H and O–H groups in total. The number of hydrogen-bond donors (Lipinski definition) is 6. The van der Waals surface area contributed by atoms with Crippen molar-refractivity contribution in [3.8, 4) is 0 Å². The molecule has 7 atom stereocenters. The molecule has 0 aromatic rings. The fourth-order valence-corrected chi connectivity index (χ4v) is 7.62. The number of aliphatic hydroxyl groups is 5. The molecule has 0 aliphatic carbocycles. The fraction of sp³-hybridized carbons (Fsp3) is 0.672. The summed E-state index contributed by atoms with van der Waals surface area (Å²) >= 11 is 0. The minimum Gasteiger partial charge on any atom is -0.394 e. The monoisotopic (exact) mass is 936 g/mol. The molecule has 0 saturated carbocycles. The molecule has 0 aromatic carbocycles. The Morgan fingerprint density at radius 2 is 0.940 bits per heavy atom. The highest BCUT2D eigenvalue weighted by Crippen LogP contribution is 2.22. The fourth-order valence-electron chi connectivity index (χ4n) is 7.62. The van der Waals surface area contributed by atoms with E-state index in [4.69, 9.17) is 9.47 Å². The van der Waals surface area contributed by atoms with Crippen molar-refractivity contribution in [1.29, 1.82) is 0 Å². The molecule has 67 heavy (non-hydrogen) atoms. The van der Waals surface area contributed by atoms with Crippen LogP contribution in [0.3, 0.4) is 0 Å². The summed E-state index contributed by atoms with van der Waals surface area (Å²) in [4.78, 5) is 13.0. The van der Waals surface area contributed by atoms with E-state index in [9.17, 15) is 30.3 Å². The molecule has 0 radical (unpaired) electrons. The predicted molar refractivity (Wildman–Crippen MR) is 281 cm³/mol. The van der Waals surface area contributed by atoms with Crippen LogP contribution < -0.4 is 5.32 Å². The van der Waals surface area contributed by atoms with Crippen LogP contribution in [-0.4, -0.2) is 87.5 Å². The van der Waals surface area contributed by atoms with E-state index in [1.807, 2.05) is 18.2 Å². The Morgan fingerprint density at radius 3 is 1.42 bits per heavy atom. The molecule has 382 valence electrons. The van der Waals surface area contributed by atoms with Gasteiger partial charge in [-0.15, -0.1) is 0 Å². The lowest BCUT2D eigenvalue weighted by Gasteiger charge is -2.40. The molecule has 1 aliphatic rings. The minimum absolute atomic E-state index is 0.203. The van der Waals surface area contributed by atoms with Crippen LogP contribution >= 0.6 is 0 Å². The third-order valence-corrected chi connectivity index (χ3v) is 11.8. The van der Waals surface area contributed by atoms with Crippen molar-refractivity contribution in [3.05, 3.63) is 109 Å². The first-order chi connectivity index (χ1) is 32.8. The van der Waals surface area contributed by atoms with Gasteiger partial charge < -0.3 is 40.3 Å². The van der Waals surface area contributed by atoms with Crippen molar-refractivity contribution in [1.82, 2.24) is 5.32 Å². The zero-order valence-corrected chi connectivity index (χ0v) is 42.1. The van der Waals surface area contributed by atoms with Crippen LogP contribution in [-0.2, 0) is 14.3 Å². The number of unbranched alkanes of at least 4 members (excludes halogenated alkanes) is 17. The summed E-state index contributed by atoms with van der Waals surface area (Å²) in [6.07, 6.45) is 61.6. The van der Waals surface area contributed by atoms with Crippen molar-refractivity contribution in [3.63, 3.8) is 0 Å². The van der Waals surface area contributed by atoms with Gasteiger partial charge in [-0.3, -0.25) is 4.79 Å². The van der Waals surface area contributed by atoms with Gasteiger partial charge >= 0.3 is 0 Å². The SMILES string of the molecule is CC/C=C\C/C=C\C/C=C\C/C=C\C/C=C\C/C=C\CCC(=O)NC(COC1OC(CO)C(O)C(O)C1O)C(O)/C=C/CC/C=C/CC/C=C/CCCCCCCCCCCCCCCCC. The summed E-state index contributed by atoms with van der Waals surface area (Å²) in [5.41, 5.74) is 0. The van der Waals surface area contributed by atoms with Crippen LogP contribution in [0, 0.1) is 0 Å². The first-order valence-electron chi connectivity index (χ1n) is 26.6. The summed E-state index contributed by atoms with van der Waals surface area (Å²) in [5, 5.41) is 54.3. The van der Waals surface area contributed by atoms with Gasteiger partial charge in [-0.1, -0.05) is 213 Å². The van der Waals surface area contributed by atoms with Gasteiger partial charge in [0.1, 0.15) is 24.4 Å². The second-order valence-electron chi connectivity index (χ2n) is 17.9. The van der Waals surface area contributed by atoms with Crippen LogP contribution in [0.1, 0.15) is 194 Å². The molecule has 1 amide bonds. The number of hydrogen-bond acceptors (Lipinski definition) is 8. The van der Waals surface area contributed by atoms with E-state index in [-0.39, 0.29) is 18.9 Å². The van der Waals surface area contributed by atoms with Gasteiger partial charge in [0.05, 0.1) is 25.4 Å². The molecular formula is C58H97NO8. The Morgan fingerprint density at radius 1 is 0.522 bits per heavy atom. The highest BCUT2D eigenvalue weighted by atomic mass is 16.7. The summed E-state index contributed by atoms with van der Waals surface area (Å²) in [6, 6.07) is -0.877. The number of allylic oxidation sites excluding steroid dienone is 17. The van der Waals surface area contributed by atoms with Crippen LogP contribution in [0.25, 0.3) is 0 Å². The van der Waals surface area contributed by atoms with E-state index in [1.54, 1.807) is 6.08 Å². The van der Waals surface area contributed by atoms with Crippen LogP contribution in [0.5, 0.6) is 0 Å². The standard InChI is InChI=1S/C58H97NO8/c1-3-5-7-9-11-13-15-17-19-21-23-24-25-26-27-28-30-31-33-35-37-39-41-43-45-47-52(61)51(50-66-58-57(65)56(64)55(63)53(49-60)67-58)59-54(62)48-46-44-42-40-38-36-34-32-29-22-20-18-16-14-12-10-8-6-4-2/h6,8,12,14,18,20,29-32,36-39,42,44-45,47,51-53,55-58,60-61,63-65H,3-5,7,9-11,13,15-17,19,21-28,33-35,40-41,43,46,48-50H2,1-2H3,(H,59,62)/b8-6-,14-12-,20-18-,31-30+,32-29-,38-36-,39-37+,44-42-,47-45+. The molecular weight excluding hydrogens is 839 g/mol. The number of carbonyl (C=O) groups excluding carboxylic acids is 1. The Labute approximate surface area is 408 Å². The molecule has 9 heteroatoms. The number of ether oxygens (including phenoxy) is 2. The normalized spacial score (nSPS) is 20.6. The van der Waals surface area contributed by atoms with Crippen LogP contribution in [0.4, 0.5) is 0 Å². The smallest absolute Gasteiger partial charge is 0.220 e. The Bertz CT molecular complexity index is 1410. The molecule has 1 aliphatic heterocycles. The highest BCUT2D eigenvalue weighted by molar-refractivity contribution is 5.76. The average Bonchev–Trinajstić information content (AvgIpc) is 3.33. The van der Waals surface area contributed by atoms with E-state index >= 15 is 0 Å². The first kappa shape index (κ1) is 61.9. The maximum Gasteiger partial charge on any atom is 0.220 e. The van der Waals surface area contributed by atoms with Gasteiger partial charge in [-0.05, 0) is 83.5 Å². The Hall–Kier alpha value is -3.15. The quantitative estimate of drug-likeness (QED) is 0.0261. The van der Waals surface area contributed by atoms with E-state index < -0.39 is 49.5 Å². The third-order valence-electron chi connectivity index (χ3n) is 11.8. The van der Waals surface area contributed by atoms with Crippen LogP contribution in [0.15, 0.2) is 109 Å². The van der Waals surface area contributed by atoms with E-state index in [2.05, 4.69) is 104 Å². The molecule has 1 rings (SSSR count). The third kappa shape index (κ3) is 36.5. The average molecular weight is 936 g/mol. The topological polar surface area (TPSA) is 149 Å². The number of amides is 1. The van der Waals surface area contributed by atoms with Gasteiger partial charge in [-0.2, -0.15) is 0 Å². The molecule has 1 heterocycles. The van der Waals surface area contributed by atoms with Crippen molar-refractivity contribution >= 4 is 5.91 Å². The second-order valence-corrected chi connectivity index (χ2v) is 17.9. The van der Waals surface area contributed by atoms with Gasteiger partial charge in [0.25, 0.3) is 0 Å². The predicted octanol–water partition coefficient (Wildman–Crippen LogP) is 12.6. The number of nitrogens with one attached hydrogen (secondary N) is 1. The maximum absolute atomic E-state index is 13.0. The summed E-state index contributed by atoms with van der Waals surface area (Å²) < 4.78 is 11.2. The molecule has 0 aromatic heterocycles. The lowest BCUT2D eigenvalue weighted by molar-refractivity contribution is -0.302. The largest absolute Gasteiger partial charge is 0.394 e.